The highest BCUT2D eigenvalue weighted by molar-refractivity contribution is 5.77. The second-order valence-electron chi connectivity index (χ2n) is 5.39. The maximum atomic E-state index is 12.1. The summed E-state index contributed by atoms with van der Waals surface area (Å²) in [7, 11) is 0. The molecule has 1 aromatic carbocycles. The molecule has 0 saturated carbocycles. The standard InChI is InChI=1S/C16H24O3/c1-5-16(18,12-13-10-8-7-9-11-13)15(3,4)14(17)19-6-2/h7-11,18H,5-6,12H2,1-4H3. The number of carbonyl (C=O) groups excluding carboxylic acids is 1. The number of esters is 1. The highest BCUT2D eigenvalue weighted by atomic mass is 16.5. The first-order valence-electron chi connectivity index (χ1n) is 6.81. The summed E-state index contributed by atoms with van der Waals surface area (Å²) in [5.74, 6) is -0.352. The summed E-state index contributed by atoms with van der Waals surface area (Å²) in [5.41, 5.74) is -1.03. The van der Waals surface area contributed by atoms with Crippen LogP contribution in [0.15, 0.2) is 30.3 Å². The Labute approximate surface area is 115 Å². The molecule has 0 aliphatic carbocycles. The van der Waals surface area contributed by atoms with Gasteiger partial charge in [0.25, 0.3) is 0 Å². The smallest absolute Gasteiger partial charge is 0.314 e. The molecule has 3 heteroatoms. The average molecular weight is 264 g/mol. The van der Waals surface area contributed by atoms with Crippen molar-refractivity contribution in [3.05, 3.63) is 35.9 Å². The molecule has 0 spiro atoms. The van der Waals surface area contributed by atoms with Gasteiger partial charge in [0.15, 0.2) is 0 Å². The zero-order chi connectivity index (χ0) is 14.5. The Morgan fingerprint density at radius 1 is 1.21 bits per heavy atom. The van der Waals surface area contributed by atoms with Gasteiger partial charge in [0, 0.05) is 6.42 Å². The third-order valence-electron chi connectivity index (χ3n) is 3.87. The normalized spacial score (nSPS) is 14.8. The van der Waals surface area contributed by atoms with Crippen LogP contribution in [-0.2, 0) is 16.0 Å². The highest BCUT2D eigenvalue weighted by Gasteiger charge is 2.48. The van der Waals surface area contributed by atoms with E-state index < -0.39 is 11.0 Å². The van der Waals surface area contributed by atoms with E-state index in [4.69, 9.17) is 4.74 Å². The SMILES string of the molecule is CCOC(=O)C(C)(C)C(O)(CC)Cc1ccccc1. The Kier molecular flexibility index (Phi) is 5.12. The molecule has 1 N–H and O–H groups in total. The van der Waals surface area contributed by atoms with E-state index in [0.717, 1.165) is 5.56 Å². The zero-order valence-electron chi connectivity index (χ0n) is 12.3. The fraction of sp³-hybridized carbons (Fsp3) is 0.562. The van der Waals surface area contributed by atoms with E-state index in [0.29, 0.717) is 19.4 Å². The number of hydrogen-bond acceptors (Lipinski definition) is 3. The summed E-state index contributed by atoms with van der Waals surface area (Å²) in [6.45, 7) is 7.49. The van der Waals surface area contributed by atoms with Crippen LogP contribution in [0.1, 0.15) is 39.7 Å². The molecule has 0 amide bonds. The highest BCUT2D eigenvalue weighted by Crippen LogP contribution is 2.37. The van der Waals surface area contributed by atoms with E-state index in [1.54, 1.807) is 20.8 Å². The molecular weight excluding hydrogens is 240 g/mol. The molecule has 0 aliphatic heterocycles. The summed E-state index contributed by atoms with van der Waals surface area (Å²) in [6.07, 6.45) is 0.934. The lowest BCUT2D eigenvalue weighted by Gasteiger charge is -2.40. The number of carbonyl (C=O) groups is 1. The molecule has 19 heavy (non-hydrogen) atoms. The van der Waals surface area contributed by atoms with Gasteiger partial charge in [0.2, 0.25) is 0 Å². The van der Waals surface area contributed by atoms with Crippen LogP contribution in [0.2, 0.25) is 0 Å². The Morgan fingerprint density at radius 2 is 1.79 bits per heavy atom. The number of aliphatic hydroxyl groups is 1. The molecule has 1 rings (SSSR count). The Bertz CT molecular complexity index is 411. The van der Waals surface area contributed by atoms with E-state index in [2.05, 4.69) is 0 Å². The lowest BCUT2D eigenvalue weighted by molar-refractivity contribution is -0.171. The lowest BCUT2D eigenvalue weighted by Crippen LogP contribution is -2.51. The van der Waals surface area contributed by atoms with Crippen molar-refractivity contribution in [2.45, 2.75) is 46.1 Å². The van der Waals surface area contributed by atoms with Crippen LogP contribution in [0.5, 0.6) is 0 Å². The van der Waals surface area contributed by atoms with Gasteiger partial charge in [-0.2, -0.15) is 0 Å². The van der Waals surface area contributed by atoms with E-state index in [1.807, 2.05) is 37.3 Å². The summed E-state index contributed by atoms with van der Waals surface area (Å²) >= 11 is 0. The number of benzene rings is 1. The predicted octanol–water partition coefficient (Wildman–Crippen LogP) is 2.96. The van der Waals surface area contributed by atoms with Crippen LogP contribution >= 0.6 is 0 Å². The van der Waals surface area contributed by atoms with Gasteiger partial charge in [-0.3, -0.25) is 4.79 Å². The fourth-order valence-corrected chi connectivity index (χ4v) is 2.22. The maximum absolute atomic E-state index is 12.1. The summed E-state index contributed by atoms with van der Waals surface area (Å²) in [4.78, 5) is 12.1. The second kappa shape index (κ2) is 6.20. The van der Waals surface area contributed by atoms with Crippen LogP contribution < -0.4 is 0 Å². The molecule has 0 saturated heterocycles. The first-order valence-corrected chi connectivity index (χ1v) is 6.81. The molecule has 0 radical (unpaired) electrons. The number of rotatable bonds is 6. The Morgan fingerprint density at radius 3 is 2.26 bits per heavy atom. The van der Waals surface area contributed by atoms with Crippen molar-refractivity contribution in [2.24, 2.45) is 5.41 Å². The zero-order valence-corrected chi connectivity index (χ0v) is 12.3. The molecule has 0 aliphatic rings. The summed E-state index contributed by atoms with van der Waals surface area (Å²) < 4.78 is 5.09. The topological polar surface area (TPSA) is 46.5 Å². The first kappa shape index (κ1) is 15.7. The minimum atomic E-state index is -1.11. The van der Waals surface area contributed by atoms with Crippen molar-refractivity contribution in [2.75, 3.05) is 6.61 Å². The van der Waals surface area contributed by atoms with Crippen LogP contribution in [0, 0.1) is 5.41 Å². The molecule has 0 heterocycles. The third kappa shape index (κ3) is 3.35. The van der Waals surface area contributed by atoms with E-state index in [9.17, 15) is 9.90 Å². The quantitative estimate of drug-likeness (QED) is 0.803. The molecule has 3 nitrogen and oxygen atoms in total. The summed E-state index contributed by atoms with van der Waals surface area (Å²) in [5, 5.41) is 10.9. The van der Waals surface area contributed by atoms with Gasteiger partial charge >= 0.3 is 5.97 Å². The minimum Gasteiger partial charge on any atom is -0.465 e. The van der Waals surface area contributed by atoms with Gasteiger partial charge in [-0.1, -0.05) is 37.3 Å². The van der Waals surface area contributed by atoms with E-state index >= 15 is 0 Å². The van der Waals surface area contributed by atoms with Crippen molar-refractivity contribution in [3.63, 3.8) is 0 Å². The molecule has 0 fully saturated rings. The molecule has 106 valence electrons. The van der Waals surface area contributed by atoms with Crippen LogP contribution in [0.25, 0.3) is 0 Å². The largest absolute Gasteiger partial charge is 0.465 e. The monoisotopic (exact) mass is 264 g/mol. The van der Waals surface area contributed by atoms with Crippen LogP contribution in [0.4, 0.5) is 0 Å². The van der Waals surface area contributed by atoms with Crippen molar-refractivity contribution >= 4 is 5.97 Å². The molecule has 1 aromatic rings. The lowest BCUT2D eigenvalue weighted by atomic mass is 9.70. The van der Waals surface area contributed by atoms with Crippen molar-refractivity contribution in [1.29, 1.82) is 0 Å². The van der Waals surface area contributed by atoms with Gasteiger partial charge in [0.05, 0.1) is 17.6 Å². The van der Waals surface area contributed by atoms with Crippen LogP contribution in [-0.4, -0.2) is 23.3 Å². The molecule has 0 aromatic heterocycles. The van der Waals surface area contributed by atoms with Gasteiger partial charge in [-0.15, -0.1) is 0 Å². The molecular formula is C16H24O3. The van der Waals surface area contributed by atoms with E-state index in [1.165, 1.54) is 0 Å². The third-order valence-corrected chi connectivity index (χ3v) is 3.87. The number of hydrogen-bond donors (Lipinski definition) is 1. The van der Waals surface area contributed by atoms with Gasteiger partial charge in [-0.25, -0.2) is 0 Å². The molecule has 0 bridgehead atoms. The van der Waals surface area contributed by atoms with Crippen molar-refractivity contribution in [1.82, 2.24) is 0 Å². The fourth-order valence-electron chi connectivity index (χ4n) is 2.22. The van der Waals surface area contributed by atoms with Crippen molar-refractivity contribution < 1.29 is 14.6 Å². The molecule has 1 atom stereocenters. The average Bonchev–Trinajstić information content (AvgIpc) is 2.39. The molecule has 1 unspecified atom stereocenters. The van der Waals surface area contributed by atoms with Crippen LogP contribution in [0.3, 0.4) is 0 Å². The van der Waals surface area contributed by atoms with Gasteiger partial charge < -0.3 is 9.84 Å². The predicted molar refractivity (Wildman–Crippen MR) is 75.8 cm³/mol. The Balaban J connectivity index is 2.99. The Hall–Kier alpha value is -1.35. The first-order chi connectivity index (χ1) is 8.87. The summed E-state index contributed by atoms with van der Waals surface area (Å²) in [6, 6.07) is 9.72. The van der Waals surface area contributed by atoms with Crippen molar-refractivity contribution in [3.8, 4) is 0 Å². The second-order valence-corrected chi connectivity index (χ2v) is 5.39. The van der Waals surface area contributed by atoms with E-state index in [-0.39, 0.29) is 5.97 Å². The van der Waals surface area contributed by atoms with Gasteiger partial charge in [0.1, 0.15) is 0 Å². The maximum Gasteiger partial charge on any atom is 0.314 e. The minimum absolute atomic E-state index is 0.327. The number of ether oxygens (including phenoxy) is 1. The van der Waals surface area contributed by atoms with Gasteiger partial charge in [-0.05, 0) is 32.8 Å².